The van der Waals surface area contributed by atoms with Gasteiger partial charge in [-0.15, -0.1) is 0 Å². The Morgan fingerprint density at radius 3 is 2.75 bits per heavy atom. The molecule has 2 heteroatoms. The lowest BCUT2D eigenvalue weighted by molar-refractivity contribution is 0.0973. The van der Waals surface area contributed by atoms with Crippen LogP contribution in [0.3, 0.4) is 0 Å². The summed E-state index contributed by atoms with van der Waals surface area (Å²) in [5, 5.41) is 0. The summed E-state index contributed by atoms with van der Waals surface area (Å²) in [7, 11) is 0. The predicted molar refractivity (Wildman–Crippen MR) is 61.9 cm³/mol. The zero-order valence-corrected chi connectivity index (χ0v) is 9.42. The van der Waals surface area contributed by atoms with Crippen LogP contribution < -0.4 is 0 Å². The van der Waals surface area contributed by atoms with Gasteiger partial charge in [0.05, 0.1) is 0 Å². The van der Waals surface area contributed by atoms with Gasteiger partial charge < -0.3 is 0 Å². The number of carbonyl (C=O) groups is 1. The van der Waals surface area contributed by atoms with E-state index in [2.05, 4.69) is 0 Å². The number of halogens is 1. The first kappa shape index (κ1) is 11.3. The van der Waals surface area contributed by atoms with Gasteiger partial charge in [-0.1, -0.05) is 37.8 Å². The van der Waals surface area contributed by atoms with E-state index in [0.717, 1.165) is 12.3 Å². The molecular weight excluding hydrogens is 203 g/mol. The Kier molecular flexibility index (Phi) is 3.70. The van der Waals surface area contributed by atoms with E-state index in [0.29, 0.717) is 12.0 Å². The molecule has 2 rings (SSSR count). The van der Waals surface area contributed by atoms with E-state index in [-0.39, 0.29) is 11.6 Å². The van der Waals surface area contributed by atoms with Crippen molar-refractivity contribution in [3.05, 3.63) is 35.6 Å². The monoisotopic (exact) mass is 220 g/mol. The lowest BCUT2D eigenvalue weighted by atomic mass is 9.97. The molecule has 0 bridgehead atoms. The van der Waals surface area contributed by atoms with Gasteiger partial charge in [0, 0.05) is 12.0 Å². The SMILES string of the molecule is O=C(CCC1CCCC1)c1cccc(F)c1. The van der Waals surface area contributed by atoms with Crippen LogP contribution in [0.1, 0.15) is 48.9 Å². The Balaban J connectivity index is 1.87. The molecule has 86 valence electrons. The molecule has 0 heterocycles. The molecule has 0 amide bonds. The lowest BCUT2D eigenvalue weighted by Crippen LogP contribution is -2.03. The van der Waals surface area contributed by atoms with Gasteiger partial charge in [0.25, 0.3) is 0 Å². The van der Waals surface area contributed by atoms with Crippen LogP contribution in [0.5, 0.6) is 0 Å². The highest BCUT2D eigenvalue weighted by Gasteiger charge is 2.16. The van der Waals surface area contributed by atoms with Crippen molar-refractivity contribution < 1.29 is 9.18 Å². The zero-order valence-electron chi connectivity index (χ0n) is 9.42. The maximum Gasteiger partial charge on any atom is 0.162 e. The second kappa shape index (κ2) is 5.24. The fraction of sp³-hybridized carbons (Fsp3) is 0.500. The summed E-state index contributed by atoms with van der Waals surface area (Å²) in [6.45, 7) is 0. The highest BCUT2D eigenvalue weighted by Crippen LogP contribution is 2.29. The van der Waals surface area contributed by atoms with Crippen LogP contribution in [0.15, 0.2) is 24.3 Å². The molecule has 0 radical (unpaired) electrons. The standard InChI is InChI=1S/C14H17FO/c15-13-7-3-6-12(10-13)14(16)9-8-11-4-1-2-5-11/h3,6-7,10-11H,1-2,4-5,8-9H2. The minimum atomic E-state index is -0.327. The summed E-state index contributed by atoms with van der Waals surface area (Å²) >= 11 is 0. The van der Waals surface area contributed by atoms with E-state index in [1.807, 2.05) is 0 Å². The van der Waals surface area contributed by atoms with Crippen molar-refractivity contribution in [2.45, 2.75) is 38.5 Å². The van der Waals surface area contributed by atoms with Crippen LogP contribution in [0.4, 0.5) is 4.39 Å². The average Bonchev–Trinajstić information content (AvgIpc) is 2.78. The van der Waals surface area contributed by atoms with Gasteiger partial charge in [0.2, 0.25) is 0 Å². The molecule has 0 N–H and O–H groups in total. The molecule has 1 aromatic rings. The molecule has 1 nitrogen and oxygen atoms in total. The number of ketones is 1. The number of rotatable bonds is 4. The number of carbonyl (C=O) groups excluding carboxylic acids is 1. The van der Waals surface area contributed by atoms with Gasteiger partial charge in [0.15, 0.2) is 5.78 Å². The highest BCUT2D eigenvalue weighted by molar-refractivity contribution is 5.95. The maximum atomic E-state index is 12.9. The number of Topliss-reactive ketones (excluding diaryl/α,β-unsaturated/α-hetero) is 1. The van der Waals surface area contributed by atoms with Crippen LogP contribution in [0.25, 0.3) is 0 Å². The van der Waals surface area contributed by atoms with Gasteiger partial charge in [-0.25, -0.2) is 4.39 Å². The number of benzene rings is 1. The summed E-state index contributed by atoms with van der Waals surface area (Å²) < 4.78 is 12.9. The Hall–Kier alpha value is -1.18. The molecule has 0 atom stereocenters. The Morgan fingerprint density at radius 1 is 1.31 bits per heavy atom. The predicted octanol–water partition coefficient (Wildman–Crippen LogP) is 3.98. The third-order valence-electron chi connectivity index (χ3n) is 3.40. The summed E-state index contributed by atoms with van der Waals surface area (Å²) in [6, 6.07) is 5.99. The normalized spacial score (nSPS) is 16.6. The number of hydrogen-bond donors (Lipinski definition) is 0. The lowest BCUT2D eigenvalue weighted by Gasteiger charge is -2.07. The summed E-state index contributed by atoms with van der Waals surface area (Å²) in [5.41, 5.74) is 0.512. The highest BCUT2D eigenvalue weighted by atomic mass is 19.1. The van der Waals surface area contributed by atoms with Crippen molar-refractivity contribution in [1.29, 1.82) is 0 Å². The molecule has 0 aromatic heterocycles. The van der Waals surface area contributed by atoms with Crippen LogP contribution in [-0.4, -0.2) is 5.78 Å². The largest absolute Gasteiger partial charge is 0.294 e. The third-order valence-corrected chi connectivity index (χ3v) is 3.40. The molecule has 16 heavy (non-hydrogen) atoms. The summed E-state index contributed by atoms with van der Waals surface area (Å²) in [6.07, 6.45) is 6.66. The van der Waals surface area contributed by atoms with E-state index in [9.17, 15) is 9.18 Å². The minimum absolute atomic E-state index is 0.0754. The van der Waals surface area contributed by atoms with Crippen molar-refractivity contribution in [1.82, 2.24) is 0 Å². The van der Waals surface area contributed by atoms with Crippen molar-refractivity contribution in [3.8, 4) is 0 Å². The average molecular weight is 220 g/mol. The molecule has 1 aliphatic carbocycles. The minimum Gasteiger partial charge on any atom is -0.294 e. The topological polar surface area (TPSA) is 17.1 Å². The van der Waals surface area contributed by atoms with Gasteiger partial charge in [-0.2, -0.15) is 0 Å². The summed E-state index contributed by atoms with van der Waals surface area (Å²) in [4.78, 5) is 11.8. The molecule has 1 saturated carbocycles. The molecule has 0 unspecified atom stereocenters. The van der Waals surface area contributed by atoms with Crippen molar-refractivity contribution in [2.24, 2.45) is 5.92 Å². The Morgan fingerprint density at radius 2 is 2.06 bits per heavy atom. The van der Waals surface area contributed by atoms with Crippen LogP contribution >= 0.6 is 0 Å². The fourth-order valence-corrected chi connectivity index (χ4v) is 2.44. The summed E-state index contributed by atoms with van der Waals surface area (Å²) in [5.74, 6) is 0.468. The van der Waals surface area contributed by atoms with Gasteiger partial charge in [-0.05, 0) is 24.5 Å². The maximum absolute atomic E-state index is 12.9. The molecule has 1 aromatic carbocycles. The van der Waals surface area contributed by atoms with Crippen molar-refractivity contribution >= 4 is 5.78 Å². The first-order valence-electron chi connectivity index (χ1n) is 6.04. The van der Waals surface area contributed by atoms with Gasteiger partial charge in [0.1, 0.15) is 5.82 Å². The van der Waals surface area contributed by atoms with E-state index in [1.165, 1.54) is 37.8 Å². The second-order valence-corrected chi connectivity index (χ2v) is 4.62. The van der Waals surface area contributed by atoms with E-state index < -0.39 is 0 Å². The third kappa shape index (κ3) is 2.91. The first-order valence-corrected chi connectivity index (χ1v) is 6.04. The first-order chi connectivity index (χ1) is 7.75. The molecule has 0 spiro atoms. The molecule has 0 saturated heterocycles. The van der Waals surface area contributed by atoms with Crippen molar-refractivity contribution in [3.63, 3.8) is 0 Å². The van der Waals surface area contributed by atoms with E-state index in [1.54, 1.807) is 12.1 Å². The molecular formula is C14H17FO. The Labute approximate surface area is 95.7 Å². The van der Waals surface area contributed by atoms with Crippen molar-refractivity contribution in [2.75, 3.05) is 0 Å². The Bertz CT molecular complexity index is 367. The van der Waals surface area contributed by atoms with Gasteiger partial charge in [-0.3, -0.25) is 4.79 Å². The van der Waals surface area contributed by atoms with E-state index in [4.69, 9.17) is 0 Å². The molecule has 1 aliphatic rings. The van der Waals surface area contributed by atoms with Crippen LogP contribution in [-0.2, 0) is 0 Å². The van der Waals surface area contributed by atoms with Crippen LogP contribution in [0.2, 0.25) is 0 Å². The zero-order chi connectivity index (χ0) is 11.4. The second-order valence-electron chi connectivity index (χ2n) is 4.62. The van der Waals surface area contributed by atoms with Gasteiger partial charge >= 0.3 is 0 Å². The van der Waals surface area contributed by atoms with Crippen LogP contribution in [0, 0.1) is 11.7 Å². The number of hydrogen-bond acceptors (Lipinski definition) is 1. The fourth-order valence-electron chi connectivity index (χ4n) is 2.44. The smallest absolute Gasteiger partial charge is 0.162 e. The quantitative estimate of drug-likeness (QED) is 0.701. The molecule has 1 fully saturated rings. The van der Waals surface area contributed by atoms with E-state index >= 15 is 0 Å². The molecule has 0 aliphatic heterocycles.